The fraction of sp³-hybridized carbons (Fsp3) is 0.625. The molecular formula is C16H24N2O. The molecule has 3 nitrogen and oxygen atoms in total. The zero-order chi connectivity index (χ0) is 13.4. The van der Waals surface area contributed by atoms with Gasteiger partial charge in [0.1, 0.15) is 5.75 Å². The van der Waals surface area contributed by atoms with Gasteiger partial charge in [-0.2, -0.15) is 0 Å². The summed E-state index contributed by atoms with van der Waals surface area (Å²) in [6, 6.07) is 4.93. The molecular weight excluding hydrogens is 236 g/mol. The second-order valence-corrected chi connectivity index (χ2v) is 6.07. The van der Waals surface area contributed by atoms with E-state index in [1.807, 2.05) is 13.8 Å². The lowest BCUT2D eigenvalue weighted by Gasteiger charge is -2.36. The van der Waals surface area contributed by atoms with E-state index in [4.69, 9.17) is 0 Å². The fourth-order valence-corrected chi connectivity index (χ4v) is 3.31. The molecule has 0 bridgehead atoms. The number of rotatable bonds is 3. The van der Waals surface area contributed by atoms with Crippen LogP contribution >= 0.6 is 0 Å². The van der Waals surface area contributed by atoms with E-state index in [0.717, 1.165) is 43.2 Å². The van der Waals surface area contributed by atoms with Gasteiger partial charge in [0.05, 0.1) is 0 Å². The van der Waals surface area contributed by atoms with E-state index >= 15 is 0 Å². The Morgan fingerprint density at radius 3 is 2.26 bits per heavy atom. The number of nitrogens with zero attached hydrogens (tertiary/aromatic N) is 1. The van der Waals surface area contributed by atoms with Crippen molar-refractivity contribution in [3.05, 3.63) is 28.8 Å². The Morgan fingerprint density at radius 1 is 1.16 bits per heavy atom. The van der Waals surface area contributed by atoms with Crippen molar-refractivity contribution in [3.8, 4) is 5.75 Å². The summed E-state index contributed by atoms with van der Waals surface area (Å²) in [6.07, 6.45) is 2.71. The summed E-state index contributed by atoms with van der Waals surface area (Å²) >= 11 is 0. The van der Waals surface area contributed by atoms with Crippen LogP contribution in [0, 0.1) is 19.8 Å². The van der Waals surface area contributed by atoms with E-state index in [2.05, 4.69) is 22.3 Å². The first-order valence-electron chi connectivity index (χ1n) is 7.41. The summed E-state index contributed by atoms with van der Waals surface area (Å²) < 4.78 is 0. The minimum Gasteiger partial charge on any atom is -0.507 e. The molecule has 0 spiro atoms. The van der Waals surface area contributed by atoms with Crippen LogP contribution in [0.1, 0.15) is 35.6 Å². The van der Waals surface area contributed by atoms with Crippen LogP contribution in [0.4, 0.5) is 0 Å². The van der Waals surface area contributed by atoms with Gasteiger partial charge in [-0.05, 0) is 49.3 Å². The molecule has 3 rings (SSSR count). The first kappa shape index (κ1) is 12.9. The molecule has 0 aromatic heterocycles. The third-order valence-corrected chi connectivity index (χ3v) is 4.47. The number of aryl methyl sites for hydroxylation is 2. The van der Waals surface area contributed by atoms with Crippen molar-refractivity contribution in [2.24, 2.45) is 5.92 Å². The first-order valence-corrected chi connectivity index (χ1v) is 7.41. The zero-order valence-electron chi connectivity index (χ0n) is 11.9. The summed E-state index contributed by atoms with van der Waals surface area (Å²) in [4.78, 5) is 2.62. The van der Waals surface area contributed by atoms with Gasteiger partial charge in [0.25, 0.3) is 0 Å². The van der Waals surface area contributed by atoms with Crippen LogP contribution in [-0.2, 0) is 0 Å². The monoisotopic (exact) mass is 260 g/mol. The molecule has 2 N–H and O–H groups in total. The zero-order valence-corrected chi connectivity index (χ0v) is 11.9. The van der Waals surface area contributed by atoms with Crippen molar-refractivity contribution in [2.45, 2.75) is 32.7 Å². The van der Waals surface area contributed by atoms with Gasteiger partial charge >= 0.3 is 0 Å². The fourth-order valence-electron chi connectivity index (χ4n) is 3.31. The molecule has 0 amide bonds. The van der Waals surface area contributed by atoms with Gasteiger partial charge in [-0.3, -0.25) is 4.90 Å². The average molecular weight is 260 g/mol. The van der Waals surface area contributed by atoms with Crippen LogP contribution in [0.5, 0.6) is 5.75 Å². The van der Waals surface area contributed by atoms with Crippen LogP contribution in [0.2, 0.25) is 0 Å². The summed E-state index contributed by atoms with van der Waals surface area (Å²) in [7, 11) is 0. The smallest absolute Gasteiger partial charge is 0.121 e. The summed E-state index contributed by atoms with van der Waals surface area (Å²) in [5.74, 6) is 1.28. The molecule has 104 valence electrons. The Bertz CT molecular complexity index is 439. The Balaban J connectivity index is 1.91. The maximum absolute atomic E-state index is 9.95. The van der Waals surface area contributed by atoms with Gasteiger partial charge in [-0.15, -0.1) is 0 Å². The van der Waals surface area contributed by atoms with Crippen molar-refractivity contribution in [1.29, 1.82) is 0 Å². The van der Waals surface area contributed by atoms with E-state index in [0.29, 0.717) is 11.8 Å². The van der Waals surface area contributed by atoms with Crippen LogP contribution in [0.25, 0.3) is 0 Å². The third kappa shape index (κ3) is 2.63. The van der Waals surface area contributed by atoms with Crippen LogP contribution in [-0.4, -0.2) is 36.2 Å². The number of aromatic hydroxyl groups is 1. The van der Waals surface area contributed by atoms with Crippen molar-refractivity contribution in [3.63, 3.8) is 0 Å². The van der Waals surface area contributed by atoms with Gasteiger partial charge in [-0.1, -0.05) is 12.1 Å². The number of hydrogen-bond acceptors (Lipinski definition) is 3. The molecule has 1 aromatic carbocycles. The molecule has 19 heavy (non-hydrogen) atoms. The van der Waals surface area contributed by atoms with Gasteiger partial charge in [0, 0.05) is 32.2 Å². The molecule has 0 unspecified atom stereocenters. The minimum absolute atomic E-state index is 0.457. The molecule has 0 radical (unpaired) electrons. The molecule has 1 saturated heterocycles. The number of piperazine rings is 1. The van der Waals surface area contributed by atoms with E-state index < -0.39 is 0 Å². The van der Waals surface area contributed by atoms with Gasteiger partial charge < -0.3 is 10.4 Å². The van der Waals surface area contributed by atoms with Gasteiger partial charge in [0.2, 0.25) is 0 Å². The van der Waals surface area contributed by atoms with E-state index in [1.165, 1.54) is 18.4 Å². The average Bonchev–Trinajstić information content (AvgIpc) is 3.22. The minimum atomic E-state index is 0.457. The summed E-state index contributed by atoms with van der Waals surface area (Å²) in [6.45, 7) is 8.49. The summed E-state index contributed by atoms with van der Waals surface area (Å²) in [5, 5.41) is 13.4. The van der Waals surface area contributed by atoms with Crippen LogP contribution in [0.15, 0.2) is 12.1 Å². The maximum atomic E-state index is 9.95. The Hall–Kier alpha value is -1.06. The first-order chi connectivity index (χ1) is 9.16. The lowest BCUT2D eigenvalue weighted by molar-refractivity contribution is 0.156. The lowest BCUT2D eigenvalue weighted by atomic mass is 9.95. The molecule has 2 aliphatic rings. The third-order valence-electron chi connectivity index (χ3n) is 4.47. The molecule has 1 aromatic rings. The molecule has 1 atom stereocenters. The highest BCUT2D eigenvalue weighted by Crippen LogP contribution is 2.45. The predicted octanol–water partition coefficient (Wildman–Crippen LogP) is 2.37. The maximum Gasteiger partial charge on any atom is 0.121 e. The SMILES string of the molecule is Cc1cc([C@H](C2CC2)N2CCNCC2)cc(C)c1O. The van der Waals surface area contributed by atoms with Crippen molar-refractivity contribution in [2.75, 3.05) is 26.2 Å². The van der Waals surface area contributed by atoms with E-state index in [-0.39, 0.29) is 0 Å². The lowest BCUT2D eigenvalue weighted by Crippen LogP contribution is -2.45. The normalized spacial score (nSPS) is 22.4. The second-order valence-electron chi connectivity index (χ2n) is 6.07. The van der Waals surface area contributed by atoms with Gasteiger partial charge in [-0.25, -0.2) is 0 Å². The highest BCUT2D eigenvalue weighted by atomic mass is 16.3. The van der Waals surface area contributed by atoms with Crippen LogP contribution in [0.3, 0.4) is 0 Å². The van der Waals surface area contributed by atoms with E-state index in [9.17, 15) is 5.11 Å². The number of benzene rings is 1. The topological polar surface area (TPSA) is 35.5 Å². The molecule has 1 aliphatic carbocycles. The van der Waals surface area contributed by atoms with Gasteiger partial charge in [0.15, 0.2) is 0 Å². The second kappa shape index (κ2) is 5.14. The number of nitrogens with one attached hydrogen (secondary N) is 1. The Morgan fingerprint density at radius 2 is 1.74 bits per heavy atom. The largest absolute Gasteiger partial charge is 0.507 e. The van der Waals surface area contributed by atoms with Crippen molar-refractivity contribution < 1.29 is 5.11 Å². The molecule has 1 heterocycles. The molecule has 1 saturated carbocycles. The highest BCUT2D eigenvalue weighted by Gasteiger charge is 2.36. The molecule has 3 heteroatoms. The van der Waals surface area contributed by atoms with Crippen molar-refractivity contribution >= 4 is 0 Å². The number of hydrogen-bond donors (Lipinski definition) is 2. The molecule has 1 aliphatic heterocycles. The van der Waals surface area contributed by atoms with Crippen LogP contribution < -0.4 is 5.32 Å². The highest BCUT2D eigenvalue weighted by molar-refractivity contribution is 5.43. The number of phenolic OH excluding ortho intramolecular Hbond substituents is 1. The molecule has 2 fully saturated rings. The Labute approximate surface area is 115 Å². The Kier molecular flexibility index (Phi) is 3.50. The standard InChI is InChI=1S/C16H24N2O/c1-11-9-14(10-12(2)16(11)19)15(13-3-4-13)18-7-5-17-6-8-18/h9-10,13,15,17,19H,3-8H2,1-2H3/t15-/m0/s1. The van der Waals surface area contributed by atoms with Crippen molar-refractivity contribution in [1.82, 2.24) is 10.2 Å². The summed E-state index contributed by atoms with van der Waals surface area (Å²) in [5.41, 5.74) is 3.42. The quantitative estimate of drug-likeness (QED) is 0.876. The predicted molar refractivity (Wildman–Crippen MR) is 77.5 cm³/mol. The van der Waals surface area contributed by atoms with E-state index in [1.54, 1.807) is 0 Å². The number of phenols is 1.